The van der Waals surface area contributed by atoms with Gasteiger partial charge in [0.2, 0.25) is 5.52 Å². The van der Waals surface area contributed by atoms with E-state index in [1.807, 2.05) is 0 Å². The minimum atomic E-state index is 0.239. The molecule has 3 aromatic carbocycles. The Balaban J connectivity index is 1.95. The molecule has 0 N–H and O–H groups in total. The van der Waals surface area contributed by atoms with E-state index in [4.69, 9.17) is 0 Å². The maximum absolute atomic E-state index is 2.57. The van der Waals surface area contributed by atoms with E-state index in [2.05, 4.69) is 113 Å². The minimum Gasteiger partial charge on any atom is -0.307 e. The van der Waals surface area contributed by atoms with Crippen LogP contribution in [0.1, 0.15) is 62.8 Å². The molecule has 6 aromatic rings. The molecular weight excluding hydrogens is 412 g/mol. The van der Waals surface area contributed by atoms with E-state index in [1.54, 1.807) is 0 Å². The fourth-order valence-electron chi connectivity index (χ4n) is 6.06. The Labute approximate surface area is 202 Å². The average Bonchev–Trinajstić information content (AvgIpc) is 3.07. The van der Waals surface area contributed by atoms with Gasteiger partial charge in [0, 0.05) is 16.8 Å². The van der Waals surface area contributed by atoms with Crippen molar-refractivity contribution in [2.24, 2.45) is 12.5 Å². The Hall–Kier alpha value is -3.13. The zero-order chi connectivity index (χ0) is 24.1. The van der Waals surface area contributed by atoms with Crippen molar-refractivity contribution in [2.75, 3.05) is 0 Å². The van der Waals surface area contributed by atoms with Crippen molar-refractivity contribution in [3.8, 4) is 0 Å². The molecule has 0 aliphatic rings. The second-order valence-electron chi connectivity index (χ2n) is 11.9. The first-order chi connectivity index (χ1) is 16.0. The Morgan fingerprint density at radius 3 is 2.35 bits per heavy atom. The van der Waals surface area contributed by atoms with E-state index in [0.29, 0.717) is 5.92 Å². The smallest absolute Gasteiger partial charge is 0.224 e. The lowest BCUT2D eigenvalue weighted by atomic mass is 9.87. The summed E-state index contributed by atoms with van der Waals surface area (Å²) in [5, 5.41) is 6.84. The molecule has 3 heterocycles. The SMILES string of the molecule is Cc1cc2c3cc(C(C)C)ccc3n3c4cc(CC(C)(C)C)cc5cc[n+](C)c(c(c1C)c23)c54. The van der Waals surface area contributed by atoms with Gasteiger partial charge in [0.1, 0.15) is 7.05 Å². The molecule has 0 saturated carbocycles. The molecule has 0 spiro atoms. The minimum absolute atomic E-state index is 0.239. The Morgan fingerprint density at radius 1 is 0.882 bits per heavy atom. The number of aromatic nitrogens is 2. The first-order valence-electron chi connectivity index (χ1n) is 12.6. The zero-order valence-electron chi connectivity index (χ0n) is 21.8. The van der Waals surface area contributed by atoms with E-state index in [0.717, 1.165) is 6.42 Å². The molecule has 0 radical (unpaired) electrons. The second kappa shape index (κ2) is 6.95. The summed E-state index contributed by atoms with van der Waals surface area (Å²) in [6.45, 7) is 16.1. The normalized spacial score (nSPS) is 13.1. The van der Waals surface area contributed by atoms with Crippen LogP contribution in [-0.2, 0) is 13.5 Å². The molecule has 172 valence electrons. The molecule has 3 aromatic heterocycles. The number of benzene rings is 3. The average molecular weight is 448 g/mol. The summed E-state index contributed by atoms with van der Waals surface area (Å²) in [5.41, 5.74) is 11.2. The lowest BCUT2D eigenvalue weighted by Crippen LogP contribution is -2.29. The van der Waals surface area contributed by atoms with Gasteiger partial charge in [-0.05, 0) is 83.5 Å². The number of fused-ring (bicyclic) bond motifs is 5. The number of aryl methyl sites for hydroxylation is 3. The van der Waals surface area contributed by atoms with E-state index in [-0.39, 0.29) is 5.41 Å². The van der Waals surface area contributed by atoms with Crippen molar-refractivity contribution in [2.45, 2.75) is 60.8 Å². The molecule has 0 atom stereocenters. The van der Waals surface area contributed by atoms with Gasteiger partial charge >= 0.3 is 0 Å². The summed E-state index contributed by atoms with van der Waals surface area (Å²) < 4.78 is 4.90. The maximum Gasteiger partial charge on any atom is 0.224 e. The molecule has 2 nitrogen and oxygen atoms in total. The van der Waals surface area contributed by atoms with Crippen LogP contribution < -0.4 is 4.57 Å². The van der Waals surface area contributed by atoms with Crippen LogP contribution in [-0.4, -0.2) is 4.40 Å². The van der Waals surface area contributed by atoms with Crippen LogP contribution in [0.3, 0.4) is 0 Å². The van der Waals surface area contributed by atoms with Crippen molar-refractivity contribution in [3.05, 3.63) is 70.9 Å². The number of hydrogen-bond donors (Lipinski definition) is 0. The highest BCUT2D eigenvalue weighted by molar-refractivity contribution is 6.26. The summed E-state index contributed by atoms with van der Waals surface area (Å²) in [6.07, 6.45) is 3.30. The lowest BCUT2D eigenvalue weighted by Gasteiger charge is -2.20. The predicted octanol–water partition coefficient (Wildman–Crippen LogP) is 8.14. The van der Waals surface area contributed by atoms with Crippen molar-refractivity contribution in [1.82, 2.24) is 4.40 Å². The zero-order valence-corrected chi connectivity index (χ0v) is 21.8. The largest absolute Gasteiger partial charge is 0.307 e. The third-order valence-electron chi connectivity index (χ3n) is 7.75. The highest BCUT2D eigenvalue weighted by atomic mass is 15.0. The van der Waals surface area contributed by atoms with E-state index >= 15 is 0 Å². The van der Waals surface area contributed by atoms with Gasteiger partial charge in [0.15, 0.2) is 6.20 Å². The molecule has 0 unspecified atom stereocenters. The standard InChI is InChI=1S/C32H35N2/c1-18(2)22-9-10-26-24(16-22)25-13-19(3)20(4)28-30(25)34(26)27-15-21(17-32(5,6)7)14-23-11-12-33(8)31(28)29(23)27/h9-16,18H,17H2,1-8H3/q+1. The van der Waals surface area contributed by atoms with Crippen LogP contribution >= 0.6 is 0 Å². The van der Waals surface area contributed by atoms with Gasteiger partial charge in [-0.25, -0.2) is 4.57 Å². The second-order valence-corrected chi connectivity index (χ2v) is 11.9. The molecule has 0 bridgehead atoms. The summed E-state index contributed by atoms with van der Waals surface area (Å²) in [6, 6.07) is 16.7. The predicted molar refractivity (Wildman–Crippen MR) is 147 cm³/mol. The van der Waals surface area contributed by atoms with Crippen LogP contribution in [0.2, 0.25) is 0 Å². The highest BCUT2D eigenvalue weighted by Gasteiger charge is 2.25. The topological polar surface area (TPSA) is 8.29 Å². The summed E-state index contributed by atoms with van der Waals surface area (Å²) in [7, 11) is 2.20. The first kappa shape index (κ1) is 21.4. The fourth-order valence-corrected chi connectivity index (χ4v) is 6.06. The van der Waals surface area contributed by atoms with E-state index in [1.165, 1.54) is 71.3 Å². The summed E-state index contributed by atoms with van der Waals surface area (Å²) >= 11 is 0. The van der Waals surface area contributed by atoms with E-state index < -0.39 is 0 Å². The van der Waals surface area contributed by atoms with Gasteiger partial charge in [0.05, 0.1) is 27.3 Å². The molecule has 2 heteroatoms. The third-order valence-corrected chi connectivity index (χ3v) is 7.75. The number of hydrogen-bond acceptors (Lipinski definition) is 0. The quantitative estimate of drug-likeness (QED) is 0.144. The molecule has 34 heavy (non-hydrogen) atoms. The van der Waals surface area contributed by atoms with Crippen LogP contribution in [0.15, 0.2) is 48.7 Å². The van der Waals surface area contributed by atoms with Gasteiger partial charge in [-0.1, -0.05) is 46.8 Å². The van der Waals surface area contributed by atoms with Crippen LogP contribution in [0.4, 0.5) is 0 Å². The van der Waals surface area contributed by atoms with Crippen molar-refractivity contribution >= 4 is 49.0 Å². The van der Waals surface area contributed by atoms with Gasteiger partial charge < -0.3 is 4.40 Å². The Kier molecular flexibility index (Phi) is 4.37. The van der Waals surface area contributed by atoms with Crippen molar-refractivity contribution in [3.63, 3.8) is 0 Å². The molecule has 6 rings (SSSR count). The van der Waals surface area contributed by atoms with Crippen molar-refractivity contribution in [1.29, 1.82) is 0 Å². The molecule has 0 amide bonds. The molecule has 0 fully saturated rings. The Morgan fingerprint density at radius 2 is 1.65 bits per heavy atom. The third kappa shape index (κ3) is 2.90. The highest BCUT2D eigenvalue weighted by Crippen LogP contribution is 2.42. The fraction of sp³-hybridized carbons (Fsp3) is 0.344. The molecule has 0 aliphatic carbocycles. The van der Waals surface area contributed by atoms with Gasteiger partial charge in [-0.3, -0.25) is 0 Å². The van der Waals surface area contributed by atoms with Gasteiger partial charge in [-0.2, -0.15) is 0 Å². The van der Waals surface area contributed by atoms with Crippen LogP contribution in [0, 0.1) is 19.3 Å². The Bertz CT molecular complexity index is 1760. The maximum atomic E-state index is 2.57. The summed E-state index contributed by atoms with van der Waals surface area (Å²) in [4.78, 5) is 0. The molecule has 0 aliphatic heterocycles. The van der Waals surface area contributed by atoms with Gasteiger partial charge in [0.25, 0.3) is 0 Å². The number of pyridine rings is 2. The number of rotatable bonds is 2. The molecule has 0 saturated heterocycles. The first-order valence-corrected chi connectivity index (χ1v) is 12.6. The monoisotopic (exact) mass is 447 g/mol. The van der Waals surface area contributed by atoms with E-state index in [9.17, 15) is 0 Å². The van der Waals surface area contributed by atoms with Crippen LogP contribution in [0.5, 0.6) is 0 Å². The molecular formula is C32H35N2+. The summed E-state index contributed by atoms with van der Waals surface area (Å²) in [5.74, 6) is 0.510. The van der Waals surface area contributed by atoms with Gasteiger partial charge in [-0.15, -0.1) is 0 Å². The number of nitrogens with zero attached hydrogens (tertiary/aromatic N) is 2. The van der Waals surface area contributed by atoms with Crippen LogP contribution in [0.25, 0.3) is 49.0 Å². The van der Waals surface area contributed by atoms with Crippen molar-refractivity contribution < 1.29 is 4.57 Å². The lowest BCUT2D eigenvalue weighted by molar-refractivity contribution is -0.643.